The van der Waals surface area contributed by atoms with E-state index >= 15 is 0 Å². The molecule has 16 heavy (non-hydrogen) atoms. The van der Waals surface area contributed by atoms with Crippen molar-refractivity contribution in [2.45, 2.75) is 30.5 Å². The van der Waals surface area contributed by atoms with Crippen molar-refractivity contribution in [1.82, 2.24) is 15.5 Å². The Morgan fingerprint density at radius 3 is 2.44 bits per heavy atom. The number of rotatable bonds is 0. The van der Waals surface area contributed by atoms with E-state index in [0.717, 1.165) is 0 Å². The molecule has 0 aromatic carbocycles. The van der Waals surface area contributed by atoms with Crippen molar-refractivity contribution in [2.75, 3.05) is 20.3 Å². The molecule has 3 saturated heterocycles. The molecular formula is C10H15N3O3. The van der Waals surface area contributed by atoms with Gasteiger partial charge in [0.15, 0.2) is 0 Å². The highest BCUT2D eigenvalue weighted by Crippen LogP contribution is 2.35. The maximum absolute atomic E-state index is 11.8. The van der Waals surface area contributed by atoms with E-state index in [4.69, 9.17) is 4.74 Å². The van der Waals surface area contributed by atoms with Crippen LogP contribution in [0.3, 0.4) is 0 Å². The van der Waals surface area contributed by atoms with E-state index in [1.54, 1.807) is 0 Å². The number of hydrogen-bond acceptors (Lipinski definition) is 4. The Balaban J connectivity index is 1.89. The largest absolute Gasteiger partial charge is 0.378 e. The normalized spacial score (nSPS) is 43.3. The van der Waals surface area contributed by atoms with E-state index in [0.29, 0.717) is 26.1 Å². The summed E-state index contributed by atoms with van der Waals surface area (Å²) in [6.07, 6.45) is 1.27. The lowest BCUT2D eigenvalue weighted by atomic mass is 9.79. The predicted molar refractivity (Wildman–Crippen MR) is 54.8 cm³/mol. The number of nitrogens with one attached hydrogen (secondary N) is 2. The zero-order valence-electron chi connectivity index (χ0n) is 9.16. The van der Waals surface area contributed by atoms with E-state index in [2.05, 4.69) is 22.6 Å². The number of hydrogen-bond donors (Lipinski definition) is 2. The molecule has 3 aliphatic heterocycles. The van der Waals surface area contributed by atoms with Crippen molar-refractivity contribution >= 4 is 11.9 Å². The zero-order valence-corrected chi connectivity index (χ0v) is 9.16. The Morgan fingerprint density at radius 2 is 1.94 bits per heavy atom. The van der Waals surface area contributed by atoms with Crippen molar-refractivity contribution in [3.05, 3.63) is 0 Å². The molecule has 0 aliphatic carbocycles. The van der Waals surface area contributed by atoms with Gasteiger partial charge < -0.3 is 10.1 Å². The molecule has 0 radical (unpaired) electrons. The van der Waals surface area contributed by atoms with Gasteiger partial charge in [0, 0.05) is 12.1 Å². The van der Waals surface area contributed by atoms with Crippen LogP contribution in [0.2, 0.25) is 0 Å². The average molecular weight is 225 g/mol. The molecule has 2 atom stereocenters. The van der Waals surface area contributed by atoms with Gasteiger partial charge in [0.1, 0.15) is 5.54 Å². The van der Waals surface area contributed by atoms with Crippen LogP contribution in [0.15, 0.2) is 0 Å². The van der Waals surface area contributed by atoms with Crippen molar-refractivity contribution in [3.8, 4) is 0 Å². The van der Waals surface area contributed by atoms with Crippen LogP contribution in [0.1, 0.15) is 12.8 Å². The Bertz CT molecular complexity index is 343. The molecule has 0 saturated carbocycles. The summed E-state index contributed by atoms with van der Waals surface area (Å²) in [6.45, 7) is 1.27. The van der Waals surface area contributed by atoms with Crippen LogP contribution in [-0.2, 0) is 9.53 Å². The Kier molecular flexibility index (Phi) is 1.99. The highest BCUT2D eigenvalue weighted by Gasteiger charge is 2.54. The molecule has 0 aromatic rings. The third-order valence-corrected chi connectivity index (χ3v) is 3.96. The van der Waals surface area contributed by atoms with Crippen molar-refractivity contribution in [2.24, 2.45) is 0 Å². The van der Waals surface area contributed by atoms with Gasteiger partial charge in [0.2, 0.25) is 0 Å². The average Bonchev–Trinajstić information content (AvgIpc) is 2.45. The second kappa shape index (κ2) is 3.18. The van der Waals surface area contributed by atoms with Gasteiger partial charge in [-0.1, -0.05) is 0 Å². The zero-order chi connectivity index (χ0) is 11.3. The van der Waals surface area contributed by atoms with E-state index in [1.807, 2.05) is 0 Å². The summed E-state index contributed by atoms with van der Waals surface area (Å²) < 4.78 is 5.49. The first kappa shape index (κ1) is 10.0. The summed E-state index contributed by atoms with van der Waals surface area (Å²) in [5.74, 6) is -0.178. The fourth-order valence-electron chi connectivity index (χ4n) is 2.98. The summed E-state index contributed by atoms with van der Waals surface area (Å²) in [6, 6.07) is 0.0712. The number of carbonyl (C=O) groups excluding carboxylic acids is 2. The third-order valence-electron chi connectivity index (χ3n) is 3.96. The monoisotopic (exact) mass is 225 g/mol. The number of fused-ring (bicyclic) bond motifs is 2. The topological polar surface area (TPSA) is 70.7 Å². The molecule has 3 rings (SSSR count). The number of urea groups is 1. The first-order valence-electron chi connectivity index (χ1n) is 5.54. The quantitative estimate of drug-likeness (QED) is 0.522. The predicted octanol–water partition coefficient (Wildman–Crippen LogP) is -0.942. The number of likely N-dealkylation sites (N-methyl/N-ethyl adjacent to an activating group) is 1. The number of amides is 3. The molecule has 1 spiro atoms. The molecule has 3 fully saturated rings. The molecule has 6 heteroatoms. The molecule has 0 aromatic heterocycles. The Labute approximate surface area is 93.3 Å². The van der Waals surface area contributed by atoms with Crippen LogP contribution >= 0.6 is 0 Å². The van der Waals surface area contributed by atoms with Gasteiger partial charge in [-0.2, -0.15) is 0 Å². The summed E-state index contributed by atoms with van der Waals surface area (Å²) in [7, 11) is 2.05. The molecule has 6 nitrogen and oxygen atoms in total. The second-order valence-corrected chi connectivity index (χ2v) is 4.91. The number of piperidine rings is 1. The van der Waals surface area contributed by atoms with Crippen LogP contribution in [0, 0.1) is 0 Å². The number of ether oxygens (including phenoxy) is 1. The smallest absolute Gasteiger partial charge is 0.322 e. The summed E-state index contributed by atoms with van der Waals surface area (Å²) in [5.41, 5.74) is -0.692. The van der Waals surface area contributed by atoms with Gasteiger partial charge >= 0.3 is 6.03 Å². The maximum Gasteiger partial charge on any atom is 0.322 e. The van der Waals surface area contributed by atoms with Crippen molar-refractivity contribution < 1.29 is 14.3 Å². The van der Waals surface area contributed by atoms with Gasteiger partial charge in [-0.15, -0.1) is 0 Å². The first-order chi connectivity index (χ1) is 7.61. The molecule has 3 heterocycles. The van der Waals surface area contributed by atoms with Gasteiger partial charge in [0.05, 0.1) is 13.2 Å². The van der Waals surface area contributed by atoms with Gasteiger partial charge in [0.25, 0.3) is 5.91 Å². The van der Waals surface area contributed by atoms with Gasteiger partial charge in [-0.05, 0) is 19.9 Å². The minimum atomic E-state index is -0.692. The fraction of sp³-hybridized carbons (Fsp3) is 0.800. The lowest BCUT2D eigenvalue weighted by molar-refractivity contribution is -0.133. The van der Waals surface area contributed by atoms with Crippen LogP contribution in [0.5, 0.6) is 0 Å². The molecule has 2 bridgehead atoms. The van der Waals surface area contributed by atoms with Crippen LogP contribution in [-0.4, -0.2) is 54.7 Å². The summed E-state index contributed by atoms with van der Waals surface area (Å²) in [4.78, 5) is 25.3. The highest BCUT2D eigenvalue weighted by atomic mass is 16.5. The molecule has 2 unspecified atom stereocenters. The number of carbonyl (C=O) groups is 2. The van der Waals surface area contributed by atoms with Crippen LogP contribution in [0.25, 0.3) is 0 Å². The van der Waals surface area contributed by atoms with Gasteiger partial charge in [-0.3, -0.25) is 15.0 Å². The number of morpholine rings is 1. The van der Waals surface area contributed by atoms with E-state index < -0.39 is 5.54 Å². The number of imide groups is 1. The molecule has 88 valence electrons. The van der Waals surface area contributed by atoms with Crippen molar-refractivity contribution in [3.63, 3.8) is 0 Å². The summed E-state index contributed by atoms with van der Waals surface area (Å²) in [5, 5.41) is 5.12. The number of nitrogens with zero attached hydrogens (tertiary/aromatic N) is 1. The van der Waals surface area contributed by atoms with Gasteiger partial charge in [-0.25, -0.2) is 4.79 Å². The van der Waals surface area contributed by atoms with Crippen LogP contribution < -0.4 is 10.6 Å². The highest BCUT2D eigenvalue weighted by molar-refractivity contribution is 6.07. The van der Waals surface area contributed by atoms with E-state index in [9.17, 15) is 9.59 Å². The van der Waals surface area contributed by atoms with Crippen molar-refractivity contribution in [1.29, 1.82) is 0 Å². The molecule has 2 N–H and O–H groups in total. The maximum atomic E-state index is 11.8. The minimum absolute atomic E-state index is 0.178. The standard InChI is InChI=1S/C10H15N3O3/c1-13-6-2-10(3-7(13)5-16-4-6)8(14)11-9(15)12-10/h6-7H,2-5H2,1H3,(H2,11,12,14,15). The molecule has 3 amide bonds. The Morgan fingerprint density at radius 1 is 1.31 bits per heavy atom. The van der Waals surface area contributed by atoms with E-state index in [-0.39, 0.29) is 24.0 Å². The second-order valence-electron chi connectivity index (χ2n) is 4.91. The first-order valence-corrected chi connectivity index (χ1v) is 5.54. The SMILES string of the molecule is CN1C2COCC1CC1(C2)NC(=O)NC1=O. The third kappa shape index (κ3) is 1.26. The van der Waals surface area contributed by atoms with Crippen LogP contribution in [0.4, 0.5) is 4.79 Å². The summed E-state index contributed by atoms with van der Waals surface area (Å²) >= 11 is 0. The van der Waals surface area contributed by atoms with E-state index in [1.165, 1.54) is 0 Å². The minimum Gasteiger partial charge on any atom is -0.378 e. The Hall–Kier alpha value is -1.14. The molecule has 3 aliphatic rings. The lowest BCUT2D eigenvalue weighted by Crippen LogP contribution is -2.65. The molecular weight excluding hydrogens is 210 g/mol. The fourth-order valence-corrected chi connectivity index (χ4v) is 2.98. The lowest BCUT2D eigenvalue weighted by Gasteiger charge is -2.49.